The quantitative estimate of drug-likeness (QED) is 0.811. The molecule has 0 saturated carbocycles. The van der Waals surface area contributed by atoms with Crippen molar-refractivity contribution in [3.63, 3.8) is 0 Å². The fourth-order valence-corrected chi connectivity index (χ4v) is 3.33. The molecule has 27 heavy (non-hydrogen) atoms. The van der Waals surface area contributed by atoms with E-state index in [1.165, 1.54) is 0 Å². The highest BCUT2D eigenvalue weighted by molar-refractivity contribution is 5.96. The number of rotatable bonds is 7. The van der Waals surface area contributed by atoms with Crippen LogP contribution in [0.3, 0.4) is 0 Å². The number of urea groups is 1. The van der Waals surface area contributed by atoms with Crippen LogP contribution in [0.2, 0.25) is 0 Å². The molecular weight excluding hydrogens is 338 g/mol. The highest BCUT2D eigenvalue weighted by atomic mass is 16.2. The second-order valence-corrected chi connectivity index (χ2v) is 6.95. The number of amides is 3. The molecule has 0 aromatic heterocycles. The minimum absolute atomic E-state index is 0.0506. The number of unbranched alkanes of at least 4 members (excludes halogenated alkanes) is 1. The molecule has 0 aliphatic carbocycles. The second-order valence-electron chi connectivity index (χ2n) is 6.95. The number of carbonyl (C=O) groups is 2. The fraction of sp³-hybridized carbons (Fsp3) is 0.364. The Morgan fingerprint density at radius 3 is 2.44 bits per heavy atom. The zero-order valence-corrected chi connectivity index (χ0v) is 15.8. The van der Waals surface area contributed by atoms with Crippen LogP contribution in [0.1, 0.15) is 31.7 Å². The molecule has 1 aliphatic heterocycles. The maximum Gasteiger partial charge on any atom is 0.317 e. The number of hydrogen-bond acceptors (Lipinski definition) is 2. The van der Waals surface area contributed by atoms with Gasteiger partial charge in [0.05, 0.1) is 6.04 Å². The zero-order chi connectivity index (χ0) is 19.1. The summed E-state index contributed by atoms with van der Waals surface area (Å²) in [7, 11) is 0. The maximum absolute atomic E-state index is 12.8. The van der Waals surface area contributed by atoms with Gasteiger partial charge in [0.25, 0.3) is 0 Å². The van der Waals surface area contributed by atoms with E-state index >= 15 is 0 Å². The molecule has 142 valence electrons. The minimum Gasteiger partial charge on any atom is -0.333 e. The van der Waals surface area contributed by atoms with E-state index in [9.17, 15) is 9.59 Å². The Labute approximate surface area is 161 Å². The highest BCUT2D eigenvalue weighted by Crippen LogP contribution is 2.21. The van der Waals surface area contributed by atoms with E-state index in [0.717, 1.165) is 24.1 Å². The maximum atomic E-state index is 12.8. The Morgan fingerprint density at radius 1 is 1.11 bits per heavy atom. The number of carbonyl (C=O) groups excluding carboxylic acids is 2. The van der Waals surface area contributed by atoms with E-state index in [1.54, 1.807) is 4.90 Å². The van der Waals surface area contributed by atoms with Crippen molar-refractivity contribution in [2.24, 2.45) is 0 Å². The molecular formula is C22H27N3O2. The lowest BCUT2D eigenvalue weighted by atomic mass is 10.2. The molecule has 0 bridgehead atoms. The molecule has 1 fully saturated rings. The van der Waals surface area contributed by atoms with Gasteiger partial charge in [0.2, 0.25) is 5.91 Å². The summed E-state index contributed by atoms with van der Waals surface area (Å²) >= 11 is 0. The van der Waals surface area contributed by atoms with E-state index in [-0.39, 0.29) is 18.0 Å². The summed E-state index contributed by atoms with van der Waals surface area (Å²) < 4.78 is 0. The number of benzene rings is 2. The van der Waals surface area contributed by atoms with Crippen LogP contribution < -0.4 is 10.2 Å². The van der Waals surface area contributed by atoms with Gasteiger partial charge in [-0.15, -0.1) is 0 Å². The molecule has 2 aromatic carbocycles. The lowest BCUT2D eigenvalue weighted by Gasteiger charge is -2.25. The minimum atomic E-state index is -0.162. The van der Waals surface area contributed by atoms with Crippen LogP contribution in [0, 0.1) is 0 Å². The number of para-hydroxylation sites is 1. The molecule has 1 aliphatic rings. The van der Waals surface area contributed by atoms with Crippen LogP contribution in [0.15, 0.2) is 60.7 Å². The molecule has 3 rings (SSSR count). The predicted molar refractivity (Wildman–Crippen MR) is 107 cm³/mol. The first-order chi connectivity index (χ1) is 13.2. The number of anilines is 1. The third kappa shape index (κ3) is 5.09. The summed E-state index contributed by atoms with van der Waals surface area (Å²) in [5, 5.41) is 3.06. The van der Waals surface area contributed by atoms with Crippen molar-refractivity contribution in [2.75, 3.05) is 18.0 Å². The van der Waals surface area contributed by atoms with Crippen LogP contribution in [0.5, 0.6) is 0 Å². The van der Waals surface area contributed by atoms with Crippen LogP contribution in [-0.2, 0) is 11.3 Å². The van der Waals surface area contributed by atoms with Gasteiger partial charge in [-0.3, -0.25) is 4.79 Å². The Morgan fingerprint density at radius 2 is 1.78 bits per heavy atom. The number of nitrogens with one attached hydrogen (secondary N) is 1. The lowest BCUT2D eigenvalue weighted by molar-refractivity contribution is -0.117. The molecule has 1 saturated heterocycles. The highest BCUT2D eigenvalue weighted by Gasteiger charge is 2.32. The Kier molecular flexibility index (Phi) is 6.47. The number of hydrogen-bond donors (Lipinski definition) is 1. The van der Waals surface area contributed by atoms with Crippen molar-refractivity contribution in [2.45, 2.75) is 38.8 Å². The average Bonchev–Trinajstić information content (AvgIpc) is 3.06. The van der Waals surface area contributed by atoms with Crippen molar-refractivity contribution in [1.82, 2.24) is 10.2 Å². The van der Waals surface area contributed by atoms with Gasteiger partial charge in [0, 0.05) is 31.7 Å². The van der Waals surface area contributed by atoms with Gasteiger partial charge in [-0.25, -0.2) is 4.79 Å². The van der Waals surface area contributed by atoms with Gasteiger partial charge in [0.1, 0.15) is 0 Å². The summed E-state index contributed by atoms with van der Waals surface area (Å²) in [4.78, 5) is 28.8. The smallest absolute Gasteiger partial charge is 0.317 e. The first-order valence-electron chi connectivity index (χ1n) is 9.62. The summed E-state index contributed by atoms with van der Waals surface area (Å²) in [5.41, 5.74) is 1.99. The van der Waals surface area contributed by atoms with Crippen LogP contribution in [0.25, 0.3) is 0 Å². The third-order valence-corrected chi connectivity index (χ3v) is 4.81. The molecule has 0 unspecified atom stereocenters. The van der Waals surface area contributed by atoms with E-state index in [0.29, 0.717) is 26.1 Å². The Bertz CT molecular complexity index is 749. The molecule has 2 aromatic rings. The van der Waals surface area contributed by atoms with Gasteiger partial charge < -0.3 is 15.1 Å². The van der Waals surface area contributed by atoms with Crippen LogP contribution in [-0.4, -0.2) is 36.0 Å². The molecule has 1 atom stereocenters. The molecule has 1 N–H and O–H groups in total. The van der Waals surface area contributed by atoms with Gasteiger partial charge in [-0.2, -0.15) is 0 Å². The molecule has 0 radical (unpaired) electrons. The standard InChI is InChI=1S/C22H27N3O2/c1-2-3-14-24(16-18-10-6-4-7-11-18)22(27)23-19-15-21(26)25(17-19)20-12-8-5-9-13-20/h4-13,19H,2-3,14-17H2,1H3,(H,23,27)/t19-/m0/s1. The number of nitrogens with zero attached hydrogens (tertiary/aromatic N) is 2. The van der Waals surface area contributed by atoms with Crippen molar-refractivity contribution in [3.8, 4) is 0 Å². The predicted octanol–water partition coefficient (Wildman–Crippen LogP) is 3.80. The third-order valence-electron chi connectivity index (χ3n) is 4.81. The summed E-state index contributed by atoms with van der Waals surface area (Å²) in [6, 6.07) is 19.4. The molecule has 1 heterocycles. The van der Waals surface area contributed by atoms with Gasteiger partial charge >= 0.3 is 6.03 Å². The van der Waals surface area contributed by atoms with Crippen LogP contribution >= 0.6 is 0 Å². The summed E-state index contributed by atoms with van der Waals surface area (Å²) in [6.45, 7) is 3.92. The van der Waals surface area contributed by atoms with Crippen molar-refractivity contribution < 1.29 is 9.59 Å². The summed E-state index contributed by atoms with van der Waals surface area (Å²) in [5.74, 6) is 0.0506. The van der Waals surface area contributed by atoms with E-state index in [1.807, 2.05) is 65.6 Å². The largest absolute Gasteiger partial charge is 0.333 e. The van der Waals surface area contributed by atoms with Gasteiger partial charge in [0.15, 0.2) is 0 Å². The molecule has 3 amide bonds. The van der Waals surface area contributed by atoms with Crippen molar-refractivity contribution in [3.05, 3.63) is 66.2 Å². The van der Waals surface area contributed by atoms with E-state index in [2.05, 4.69) is 12.2 Å². The van der Waals surface area contributed by atoms with E-state index in [4.69, 9.17) is 0 Å². The SMILES string of the molecule is CCCCN(Cc1ccccc1)C(=O)N[C@H]1CC(=O)N(c2ccccc2)C1. The van der Waals surface area contributed by atoms with Crippen molar-refractivity contribution in [1.29, 1.82) is 0 Å². The normalized spacial score (nSPS) is 16.4. The fourth-order valence-electron chi connectivity index (χ4n) is 3.33. The average molecular weight is 365 g/mol. The molecule has 5 nitrogen and oxygen atoms in total. The monoisotopic (exact) mass is 365 g/mol. The first kappa shape index (κ1) is 19.0. The molecule has 5 heteroatoms. The Balaban J connectivity index is 1.62. The van der Waals surface area contributed by atoms with Crippen molar-refractivity contribution >= 4 is 17.6 Å². The topological polar surface area (TPSA) is 52.7 Å². The van der Waals surface area contributed by atoms with Crippen LogP contribution in [0.4, 0.5) is 10.5 Å². The van der Waals surface area contributed by atoms with Gasteiger partial charge in [-0.1, -0.05) is 61.9 Å². The van der Waals surface area contributed by atoms with Gasteiger partial charge in [-0.05, 0) is 24.1 Å². The second kappa shape index (κ2) is 9.21. The molecule has 0 spiro atoms. The Hall–Kier alpha value is -2.82. The zero-order valence-electron chi connectivity index (χ0n) is 15.8. The first-order valence-corrected chi connectivity index (χ1v) is 9.62. The van der Waals surface area contributed by atoms with E-state index < -0.39 is 0 Å². The summed E-state index contributed by atoms with van der Waals surface area (Å²) in [6.07, 6.45) is 2.33. The lowest BCUT2D eigenvalue weighted by Crippen LogP contribution is -2.45.